The van der Waals surface area contributed by atoms with Gasteiger partial charge < -0.3 is 9.30 Å². The van der Waals surface area contributed by atoms with E-state index in [-0.39, 0.29) is 6.09 Å². The fourth-order valence-corrected chi connectivity index (χ4v) is 4.73. The highest BCUT2D eigenvalue weighted by Gasteiger charge is 2.27. The van der Waals surface area contributed by atoms with Gasteiger partial charge in [-0.3, -0.25) is 0 Å². The maximum absolute atomic E-state index is 13.6. The van der Waals surface area contributed by atoms with Crippen LogP contribution in [0.1, 0.15) is 31.9 Å². The molecule has 0 unspecified atom stereocenters. The first kappa shape index (κ1) is 22.0. The molecule has 0 aliphatic carbocycles. The number of hydrogen-bond donors (Lipinski definition) is 0. The number of benzene rings is 3. The Bertz CT molecular complexity index is 1550. The van der Waals surface area contributed by atoms with E-state index in [2.05, 4.69) is 67.9 Å². The quantitative estimate of drug-likeness (QED) is 0.274. The zero-order chi connectivity index (χ0) is 24.2. The van der Waals surface area contributed by atoms with Crippen molar-refractivity contribution in [2.45, 2.75) is 40.2 Å². The predicted octanol–water partition coefficient (Wildman–Crippen LogP) is 7.87. The highest BCUT2D eigenvalue weighted by Crippen LogP contribution is 2.43. The molecule has 172 valence electrons. The molecule has 4 nitrogen and oxygen atoms in total. The van der Waals surface area contributed by atoms with Gasteiger partial charge in [-0.1, -0.05) is 48.5 Å². The van der Waals surface area contributed by atoms with Crippen molar-refractivity contribution in [2.75, 3.05) is 0 Å². The molecule has 0 spiro atoms. The molecule has 2 aromatic heterocycles. The van der Waals surface area contributed by atoms with E-state index in [4.69, 9.17) is 4.74 Å². The Morgan fingerprint density at radius 2 is 1.47 bits per heavy atom. The van der Waals surface area contributed by atoms with Crippen molar-refractivity contribution in [2.24, 2.45) is 7.05 Å². The lowest BCUT2D eigenvalue weighted by Gasteiger charge is -2.21. The van der Waals surface area contributed by atoms with E-state index in [1.807, 2.05) is 51.1 Å². The molecule has 0 amide bonds. The maximum atomic E-state index is 13.6. The van der Waals surface area contributed by atoms with E-state index < -0.39 is 5.60 Å². The molecule has 5 aromatic rings. The van der Waals surface area contributed by atoms with Crippen LogP contribution in [-0.4, -0.2) is 20.8 Å². The fraction of sp³-hybridized carbons (Fsp3) is 0.233. The predicted molar refractivity (Wildman–Crippen MR) is 140 cm³/mol. The van der Waals surface area contributed by atoms with Crippen LogP contribution < -0.4 is 0 Å². The van der Waals surface area contributed by atoms with Gasteiger partial charge in [0.25, 0.3) is 0 Å². The summed E-state index contributed by atoms with van der Waals surface area (Å²) < 4.78 is 9.85. The lowest BCUT2D eigenvalue weighted by molar-refractivity contribution is 0.0547. The highest BCUT2D eigenvalue weighted by molar-refractivity contribution is 6.08. The topological polar surface area (TPSA) is 36.2 Å². The molecular formula is C30H30N2O2. The minimum Gasteiger partial charge on any atom is -0.443 e. The summed E-state index contributed by atoms with van der Waals surface area (Å²) in [5.74, 6) is 0. The van der Waals surface area contributed by atoms with Gasteiger partial charge in [0.2, 0.25) is 0 Å². The Morgan fingerprint density at radius 3 is 2.18 bits per heavy atom. The molecule has 0 atom stereocenters. The van der Waals surface area contributed by atoms with Crippen LogP contribution in [0, 0.1) is 13.8 Å². The van der Waals surface area contributed by atoms with Crippen LogP contribution in [0.15, 0.2) is 72.8 Å². The molecule has 0 aliphatic rings. The monoisotopic (exact) mass is 450 g/mol. The van der Waals surface area contributed by atoms with Gasteiger partial charge >= 0.3 is 6.09 Å². The van der Waals surface area contributed by atoms with Gasteiger partial charge in [-0.15, -0.1) is 0 Å². The molecule has 34 heavy (non-hydrogen) atoms. The first-order valence-electron chi connectivity index (χ1n) is 11.6. The van der Waals surface area contributed by atoms with Gasteiger partial charge in [0, 0.05) is 28.9 Å². The molecule has 5 rings (SSSR count). The van der Waals surface area contributed by atoms with Crippen molar-refractivity contribution >= 4 is 27.9 Å². The zero-order valence-electron chi connectivity index (χ0n) is 20.6. The SMILES string of the molecule is Cc1cc2c(-c3cc4ccccc4n3C(=O)OC(C)(C)C)c(-c3ccccc3)n(C)c2cc1C. The Balaban J connectivity index is 1.92. The van der Waals surface area contributed by atoms with Crippen molar-refractivity contribution in [3.63, 3.8) is 0 Å². The lowest BCUT2D eigenvalue weighted by atomic mass is 10.00. The summed E-state index contributed by atoms with van der Waals surface area (Å²) >= 11 is 0. The summed E-state index contributed by atoms with van der Waals surface area (Å²) in [6.45, 7) is 9.97. The van der Waals surface area contributed by atoms with Crippen LogP contribution in [0.2, 0.25) is 0 Å². The lowest BCUT2D eigenvalue weighted by Crippen LogP contribution is -2.27. The van der Waals surface area contributed by atoms with E-state index in [9.17, 15) is 4.79 Å². The summed E-state index contributed by atoms with van der Waals surface area (Å²) in [5, 5.41) is 2.13. The highest BCUT2D eigenvalue weighted by atomic mass is 16.6. The normalized spacial score (nSPS) is 11.9. The molecule has 0 N–H and O–H groups in total. The third kappa shape index (κ3) is 3.60. The van der Waals surface area contributed by atoms with Gasteiger partial charge in [-0.05, 0) is 75.6 Å². The standard InChI is InChI=1S/C30H30N2O2/c1-19-16-23-25(17-20(19)2)31(6)28(21-12-8-7-9-13-21)27(23)26-18-22-14-10-11-15-24(22)32(26)29(33)34-30(3,4)5/h7-18H,1-6H3. The van der Waals surface area contributed by atoms with Gasteiger partial charge in [0.1, 0.15) is 5.60 Å². The fourth-order valence-electron chi connectivity index (χ4n) is 4.73. The molecule has 3 aromatic carbocycles. The van der Waals surface area contributed by atoms with Gasteiger partial charge in [0.15, 0.2) is 0 Å². The molecule has 0 radical (unpaired) electrons. The number of aryl methyl sites for hydroxylation is 3. The molecule has 0 fully saturated rings. The Labute approximate surface area is 200 Å². The van der Waals surface area contributed by atoms with Crippen LogP contribution in [-0.2, 0) is 11.8 Å². The minimum absolute atomic E-state index is 0.372. The molecular weight excluding hydrogens is 420 g/mol. The first-order valence-corrected chi connectivity index (χ1v) is 11.6. The minimum atomic E-state index is -0.603. The number of nitrogens with zero attached hydrogens (tertiary/aromatic N) is 2. The average molecular weight is 451 g/mol. The number of carbonyl (C=O) groups is 1. The maximum Gasteiger partial charge on any atom is 0.419 e. The Hall–Kier alpha value is -3.79. The second-order valence-electron chi connectivity index (χ2n) is 10.0. The van der Waals surface area contributed by atoms with Crippen molar-refractivity contribution in [1.29, 1.82) is 0 Å². The van der Waals surface area contributed by atoms with Crippen LogP contribution >= 0.6 is 0 Å². The number of fused-ring (bicyclic) bond motifs is 2. The number of ether oxygens (including phenoxy) is 1. The third-order valence-electron chi connectivity index (χ3n) is 6.41. The van der Waals surface area contributed by atoms with Crippen LogP contribution in [0.25, 0.3) is 44.3 Å². The van der Waals surface area contributed by atoms with Crippen molar-refractivity contribution in [3.05, 3.63) is 83.9 Å². The average Bonchev–Trinajstić information content (AvgIpc) is 3.29. The summed E-state index contributed by atoms with van der Waals surface area (Å²) in [7, 11) is 2.10. The van der Waals surface area contributed by atoms with Gasteiger partial charge in [0.05, 0.1) is 16.9 Å². The molecule has 0 bridgehead atoms. The summed E-state index contributed by atoms with van der Waals surface area (Å²) in [4.78, 5) is 13.6. The van der Waals surface area contributed by atoms with Crippen LogP contribution in [0.5, 0.6) is 0 Å². The molecule has 4 heteroatoms. The second kappa shape index (κ2) is 7.91. The number of hydrogen-bond acceptors (Lipinski definition) is 2. The van der Waals surface area contributed by atoms with Crippen molar-refractivity contribution in [1.82, 2.24) is 9.13 Å². The van der Waals surface area contributed by atoms with Crippen molar-refractivity contribution in [3.8, 4) is 22.5 Å². The van der Waals surface area contributed by atoms with E-state index >= 15 is 0 Å². The molecule has 0 aliphatic heterocycles. The third-order valence-corrected chi connectivity index (χ3v) is 6.41. The molecule has 2 heterocycles. The largest absolute Gasteiger partial charge is 0.443 e. The van der Waals surface area contributed by atoms with E-state index in [1.165, 1.54) is 11.1 Å². The zero-order valence-corrected chi connectivity index (χ0v) is 20.6. The summed E-state index contributed by atoms with van der Waals surface area (Å²) in [6.07, 6.45) is -0.372. The number of rotatable bonds is 2. The number of aromatic nitrogens is 2. The summed E-state index contributed by atoms with van der Waals surface area (Å²) in [5.41, 5.74) is 7.89. The molecule has 0 saturated heterocycles. The number of para-hydroxylation sites is 1. The Kier molecular flexibility index (Phi) is 5.12. The Morgan fingerprint density at radius 1 is 0.824 bits per heavy atom. The smallest absolute Gasteiger partial charge is 0.419 e. The van der Waals surface area contributed by atoms with E-state index in [0.29, 0.717) is 0 Å². The van der Waals surface area contributed by atoms with Crippen LogP contribution in [0.4, 0.5) is 4.79 Å². The second-order valence-corrected chi connectivity index (χ2v) is 10.0. The van der Waals surface area contributed by atoms with Gasteiger partial charge in [-0.25, -0.2) is 9.36 Å². The van der Waals surface area contributed by atoms with E-state index in [0.717, 1.165) is 44.3 Å². The summed E-state index contributed by atoms with van der Waals surface area (Å²) in [6, 6.07) is 24.9. The molecule has 0 saturated carbocycles. The van der Waals surface area contributed by atoms with Crippen LogP contribution in [0.3, 0.4) is 0 Å². The van der Waals surface area contributed by atoms with Crippen molar-refractivity contribution < 1.29 is 9.53 Å². The first-order chi connectivity index (χ1) is 16.2. The van der Waals surface area contributed by atoms with Gasteiger partial charge in [-0.2, -0.15) is 0 Å². The van der Waals surface area contributed by atoms with E-state index in [1.54, 1.807) is 4.57 Å². The number of carbonyl (C=O) groups excluding carboxylic acids is 1.